The molecule has 4 rings (SSSR count). The first-order chi connectivity index (χ1) is 14.9. The van der Waals surface area contributed by atoms with E-state index in [1.165, 1.54) is 6.92 Å². The Morgan fingerprint density at radius 2 is 1.68 bits per heavy atom. The summed E-state index contributed by atoms with van der Waals surface area (Å²) >= 11 is 12.3. The zero-order valence-corrected chi connectivity index (χ0v) is 18.3. The van der Waals surface area contributed by atoms with E-state index in [0.29, 0.717) is 22.0 Å². The summed E-state index contributed by atoms with van der Waals surface area (Å²) in [6.07, 6.45) is 0. The number of ketones is 1. The smallest absolute Gasteiger partial charge is 0.231 e. The van der Waals surface area contributed by atoms with Gasteiger partial charge in [0.2, 0.25) is 11.7 Å². The van der Waals surface area contributed by atoms with Crippen LogP contribution in [0.1, 0.15) is 23.0 Å². The lowest BCUT2D eigenvalue weighted by Gasteiger charge is -2.06. The van der Waals surface area contributed by atoms with Crippen LogP contribution in [0.5, 0.6) is 0 Å². The number of carbonyl (C=O) groups is 2. The summed E-state index contributed by atoms with van der Waals surface area (Å²) in [7, 11) is 1.73. The minimum absolute atomic E-state index is 0.139. The number of hydrogen-bond donors (Lipinski definition) is 2. The molecule has 0 aliphatic rings. The van der Waals surface area contributed by atoms with Crippen molar-refractivity contribution >= 4 is 57.2 Å². The molecule has 1 heterocycles. The minimum Gasteiger partial charge on any atom is -0.450 e. The van der Waals surface area contributed by atoms with Gasteiger partial charge in [0.15, 0.2) is 5.76 Å². The highest BCUT2D eigenvalue weighted by Gasteiger charge is 2.24. The van der Waals surface area contributed by atoms with E-state index in [1.807, 2.05) is 42.5 Å². The summed E-state index contributed by atoms with van der Waals surface area (Å²) in [6, 6.07) is 18.1. The first kappa shape index (κ1) is 21.0. The lowest BCUT2D eigenvalue weighted by atomic mass is 10.0. The topological polar surface area (TPSA) is 71.3 Å². The third-order valence-electron chi connectivity index (χ3n) is 4.86. The molecule has 0 saturated heterocycles. The van der Waals surface area contributed by atoms with Crippen molar-refractivity contribution in [1.82, 2.24) is 0 Å². The van der Waals surface area contributed by atoms with E-state index >= 15 is 0 Å². The van der Waals surface area contributed by atoms with Gasteiger partial charge in [-0.1, -0.05) is 47.5 Å². The molecule has 4 aromatic rings. The largest absolute Gasteiger partial charge is 0.450 e. The van der Waals surface area contributed by atoms with Gasteiger partial charge in [0.05, 0.1) is 15.7 Å². The first-order valence-electron chi connectivity index (χ1n) is 9.50. The Morgan fingerprint density at radius 1 is 0.935 bits per heavy atom. The maximum Gasteiger partial charge on any atom is 0.231 e. The fourth-order valence-corrected chi connectivity index (χ4v) is 3.85. The average molecular weight is 453 g/mol. The Labute approximate surface area is 189 Å². The molecule has 0 saturated carbocycles. The van der Waals surface area contributed by atoms with Crippen LogP contribution in [0.4, 0.5) is 11.4 Å². The lowest BCUT2D eigenvalue weighted by molar-refractivity contribution is -0.114. The molecule has 0 radical (unpaired) electrons. The van der Waals surface area contributed by atoms with Crippen LogP contribution in [0.15, 0.2) is 65.1 Å². The minimum atomic E-state index is -0.359. The van der Waals surface area contributed by atoms with Gasteiger partial charge in [-0.05, 0) is 47.5 Å². The van der Waals surface area contributed by atoms with Gasteiger partial charge in [0.25, 0.3) is 0 Å². The first-order valence-corrected chi connectivity index (χ1v) is 10.3. The number of fused-ring (bicyclic) bond motifs is 1. The monoisotopic (exact) mass is 452 g/mol. The van der Waals surface area contributed by atoms with Gasteiger partial charge in [-0.25, -0.2) is 0 Å². The van der Waals surface area contributed by atoms with Crippen LogP contribution in [-0.4, -0.2) is 18.7 Å². The van der Waals surface area contributed by atoms with Crippen molar-refractivity contribution in [2.24, 2.45) is 0 Å². The fourth-order valence-electron chi connectivity index (χ4n) is 3.47. The molecule has 0 unspecified atom stereocenters. The molecule has 7 heteroatoms. The molecule has 156 valence electrons. The highest BCUT2D eigenvalue weighted by molar-refractivity contribution is 6.44. The average Bonchev–Trinajstić information content (AvgIpc) is 3.12. The number of rotatable bonds is 5. The van der Waals surface area contributed by atoms with Crippen molar-refractivity contribution in [3.8, 4) is 11.1 Å². The predicted molar refractivity (Wildman–Crippen MR) is 125 cm³/mol. The maximum absolute atomic E-state index is 13.2. The van der Waals surface area contributed by atoms with Crippen LogP contribution < -0.4 is 10.6 Å². The van der Waals surface area contributed by atoms with Crippen molar-refractivity contribution in [3.05, 3.63) is 82.0 Å². The van der Waals surface area contributed by atoms with E-state index in [0.717, 1.165) is 16.5 Å². The molecule has 5 nitrogen and oxygen atoms in total. The Balaban J connectivity index is 1.79. The van der Waals surface area contributed by atoms with Gasteiger partial charge in [-0.15, -0.1) is 0 Å². The van der Waals surface area contributed by atoms with Crippen LogP contribution in [0, 0.1) is 0 Å². The van der Waals surface area contributed by atoms with Crippen LogP contribution in [0.25, 0.3) is 22.1 Å². The van der Waals surface area contributed by atoms with Gasteiger partial charge >= 0.3 is 0 Å². The zero-order valence-electron chi connectivity index (χ0n) is 16.8. The van der Waals surface area contributed by atoms with Crippen LogP contribution in [0.2, 0.25) is 10.0 Å². The van der Waals surface area contributed by atoms with E-state index in [1.54, 1.807) is 25.2 Å². The molecular weight excluding hydrogens is 435 g/mol. The molecule has 31 heavy (non-hydrogen) atoms. The van der Waals surface area contributed by atoms with Gasteiger partial charge in [-0.3, -0.25) is 9.59 Å². The van der Waals surface area contributed by atoms with E-state index in [4.69, 9.17) is 27.6 Å². The third-order valence-corrected chi connectivity index (χ3v) is 5.68. The number of anilines is 2. The van der Waals surface area contributed by atoms with E-state index in [2.05, 4.69) is 10.6 Å². The molecule has 0 fully saturated rings. The highest BCUT2D eigenvalue weighted by atomic mass is 35.5. The maximum atomic E-state index is 13.2. The second-order valence-corrected chi connectivity index (χ2v) is 7.74. The zero-order chi connectivity index (χ0) is 22.1. The number of amides is 1. The van der Waals surface area contributed by atoms with Crippen molar-refractivity contribution in [1.29, 1.82) is 0 Å². The molecular formula is C24H18Cl2N2O3. The van der Waals surface area contributed by atoms with Crippen LogP contribution in [-0.2, 0) is 4.79 Å². The van der Waals surface area contributed by atoms with Gasteiger partial charge in [-0.2, -0.15) is 0 Å². The molecule has 0 atom stereocenters. The summed E-state index contributed by atoms with van der Waals surface area (Å²) in [5.41, 5.74) is 3.89. The van der Waals surface area contributed by atoms with Crippen molar-refractivity contribution in [2.75, 3.05) is 17.7 Å². The Morgan fingerprint density at radius 3 is 2.42 bits per heavy atom. The van der Waals surface area contributed by atoms with Crippen molar-refractivity contribution in [3.63, 3.8) is 0 Å². The number of benzene rings is 3. The van der Waals surface area contributed by atoms with Crippen LogP contribution in [0.3, 0.4) is 0 Å². The quantitative estimate of drug-likeness (QED) is 0.333. The summed E-state index contributed by atoms with van der Waals surface area (Å²) < 4.78 is 5.97. The molecule has 0 bridgehead atoms. The van der Waals surface area contributed by atoms with Gasteiger partial charge in [0, 0.05) is 30.6 Å². The highest BCUT2D eigenvalue weighted by Crippen LogP contribution is 2.37. The summed E-state index contributed by atoms with van der Waals surface area (Å²) in [4.78, 5) is 24.5. The van der Waals surface area contributed by atoms with Gasteiger partial charge < -0.3 is 15.1 Å². The molecule has 3 aromatic carbocycles. The third kappa shape index (κ3) is 4.02. The molecule has 0 spiro atoms. The predicted octanol–water partition coefficient (Wildman–Crippen LogP) is 6.64. The molecule has 2 N–H and O–H groups in total. The normalized spacial score (nSPS) is 10.8. The summed E-state index contributed by atoms with van der Waals surface area (Å²) in [5, 5.41) is 7.09. The van der Waals surface area contributed by atoms with Crippen LogP contribution >= 0.6 is 23.2 Å². The Bertz CT molecular complexity index is 1330. The number of nitrogens with one attached hydrogen (secondary N) is 2. The number of halogens is 2. The van der Waals surface area contributed by atoms with E-state index < -0.39 is 0 Å². The number of carbonyl (C=O) groups excluding carboxylic acids is 2. The number of furan rings is 1. The van der Waals surface area contributed by atoms with Gasteiger partial charge in [0.1, 0.15) is 5.58 Å². The SMILES string of the molecule is CNc1c(C(=O)c2cccc(Cl)c2Cl)oc2cc(-c3cccc(NC(C)=O)c3)ccc12. The Hall–Kier alpha value is -3.28. The van der Waals surface area contributed by atoms with Crippen molar-refractivity contribution < 1.29 is 14.0 Å². The molecule has 1 amide bonds. The number of hydrogen-bond acceptors (Lipinski definition) is 4. The standard InChI is InChI=1S/C24H18Cl2N2O3/c1-13(29)28-16-6-3-5-14(11-16)15-9-10-17-20(12-15)31-24(22(17)27-2)23(30)18-7-4-8-19(25)21(18)26/h3-12,27H,1-2H3,(H,28,29). The molecule has 0 aliphatic heterocycles. The molecule has 0 aliphatic carbocycles. The Kier molecular flexibility index (Phi) is 5.72. The van der Waals surface area contributed by atoms with E-state index in [9.17, 15) is 9.59 Å². The lowest BCUT2D eigenvalue weighted by Crippen LogP contribution is -2.05. The summed E-state index contributed by atoms with van der Waals surface area (Å²) in [5.74, 6) is -0.340. The second kappa shape index (κ2) is 8.46. The fraction of sp³-hybridized carbons (Fsp3) is 0.0833. The summed E-state index contributed by atoms with van der Waals surface area (Å²) in [6.45, 7) is 1.46. The second-order valence-electron chi connectivity index (χ2n) is 6.96. The van der Waals surface area contributed by atoms with Crippen molar-refractivity contribution in [2.45, 2.75) is 6.92 Å². The van der Waals surface area contributed by atoms with E-state index in [-0.39, 0.29) is 28.0 Å². The molecule has 1 aromatic heterocycles.